The van der Waals surface area contributed by atoms with Gasteiger partial charge >= 0.3 is 5.97 Å². The molecule has 1 unspecified atom stereocenters. The molecule has 1 rings (SSSR count). The van der Waals surface area contributed by atoms with Crippen molar-refractivity contribution in [3.05, 3.63) is 28.5 Å². The molecule has 0 N–H and O–H groups in total. The van der Waals surface area contributed by atoms with Gasteiger partial charge in [-0.15, -0.1) is 0 Å². The molecule has 0 aromatic carbocycles. The van der Waals surface area contributed by atoms with Crippen molar-refractivity contribution in [2.45, 2.75) is 39.5 Å². The highest BCUT2D eigenvalue weighted by Crippen LogP contribution is 2.17. The van der Waals surface area contributed by atoms with E-state index in [4.69, 9.17) is 4.74 Å². The van der Waals surface area contributed by atoms with E-state index in [2.05, 4.69) is 34.8 Å². The molecule has 100 valence electrons. The first-order valence-electron chi connectivity index (χ1n) is 6.46. The van der Waals surface area contributed by atoms with Crippen molar-refractivity contribution in [1.29, 1.82) is 0 Å². The van der Waals surface area contributed by atoms with Crippen LogP contribution in [-0.4, -0.2) is 17.6 Å². The Hall–Kier alpha value is -0.900. The second-order valence-corrected chi connectivity index (χ2v) is 5.11. The third-order valence-corrected chi connectivity index (χ3v) is 3.60. The molecule has 3 nitrogen and oxygen atoms in total. The number of nitrogens with zero attached hydrogens (tertiary/aromatic N) is 1. The van der Waals surface area contributed by atoms with E-state index in [0.29, 0.717) is 22.7 Å². The minimum absolute atomic E-state index is 0.301. The number of carbonyl (C=O) groups excluding carboxylic acids is 1. The average molecular weight is 314 g/mol. The van der Waals surface area contributed by atoms with E-state index >= 15 is 0 Å². The number of pyridine rings is 1. The van der Waals surface area contributed by atoms with Gasteiger partial charge in [-0.05, 0) is 40.4 Å². The van der Waals surface area contributed by atoms with Crippen LogP contribution in [0, 0.1) is 5.92 Å². The number of rotatable bonds is 7. The molecular weight excluding hydrogens is 294 g/mol. The summed E-state index contributed by atoms with van der Waals surface area (Å²) in [6.45, 7) is 4.80. The van der Waals surface area contributed by atoms with Crippen molar-refractivity contribution in [2.75, 3.05) is 6.61 Å². The topological polar surface area (TPSA) is 39.2 Å². The number of hydrogen-bond donors (Lipinski definition) is 0. The minimum atomic E-state index is -0.301. The van der Waals surface area contributed by atoms with Gasteiger partial charge in [0.15, 0.2) is 0 Å². The summed E-state index contributed by atoms with van der Waals surface area (Å²) in [5.41, 5.74) is 0.489. The number of hydrogen-bond acceptors (Lipinski definition) is 3. The van der Waals surface area contributed by atoms with E-state index in [-0.39, 0.29) is 5.97 Å². The lowest BCUT2D eigenvalue weighted by Crippen LogP contribution is -2.14. The quantitative estimate of drug-likeness (QED) is 0.559. The van der Waals surface area contributed by atoms with Crippen LogP contribution < -0.4 is 0 Å². The summed E-state index contributed by atoms with van der Waals surface area (Å²) in [5.74, 6) is 0.161. The first-order chi connectivity index (χ1) is 8.69. The van der Waals surface area contributed by atoms with Crippen LogP contribution in [0.15, 0.2) is 22.9 Å². The molecule has 0 spiro atoms. The Labute approximate surface area is 117 Å². The molecule has 0 bridgehead atoms. The maximum Gasteiger partial charge on any atom is 0.340 e. The number of unbranched alkanes of at least 4 members (excludes halogenated alkanes) is 1. The van der Waals surface area contributed by atoms with Crippen molar-refractivity contribution in [1.82, 2.24) is 4.98 Å². The summed E-state index contributed by atoms with van der Waals surface area (Å²) in [6, 6.07) is 3.45. The van der Waals surface area contributed by atoms with E-state index < -0.39 is 0 Å². The second-order valence-electron chi connectivity index (χ2n) is 4.36. The Kier molecular flexibility index (Phi) is 6.94. The van der Waals surface area contributed by atoms with Gasteiger partial charge in [0.25, 0.3) is 0 Å². The lowest BCUT2D eigenvalue weighted by Gasteiger charge is -2.14. The first-order valence-corrected chi connectivity index (χ1v) is 7.26. The zero-order valence-corrected chi connectivity index (χ0v) is 12.6. The fraction of sp³-hybridized carbons (Fsp3) is 0.571. The summed E-state index contributed by atoms with van der Waals surface area (Å²) in [4.78, 5) is 15.9. The molecule has 1 aromatic heterocycles. The van der Waals surface area contributed by atoms with Gasteiger partial charge in [0.2, 0.25) is 0 Å². The second kappa shape index (κ2) is 8.25. The Balaban J connectivity index is 2.47. The molecule has 0 radical (unpaired) electrons. The molecule has 0 aliphatic rings. The molecular formula is C14H20BrNO2. The van der Waals surface area contributed by atoms with Crippen molar-refractivity contribution >= 4 is 21.9 Å². The number of esters is 1. The van der Waals surface area contributed by atoms with Gasteiger partial charge in [-0.2, -0.15) is 0 Å². The molecule has 4 heteroatoms. The van der Waals surface area contributed by atoms with E-state index in [1.165, 1.54) is 12.8 Å². The highest BCUT2D eigenvalue weighted by Gasteiger charge is 2.14. The molecule has 0 aliphatic carbocycles. The van der Waals surface area contributed by atoms with Crippen molar-refractivity contribution < 1.29 is 9.53 Å². The summed E-state index contributed by atoms with van der Waals surface area (Å²) in [6.07, 6.45) is 6.16. The molecule has 0 saturated carbocycles. The van der Waals surface area contributed by atoms with Crippen LogP contribution in [0.1, 0.15) is 49.9 Å². The zero-order valence-electron chi connectivity index (χ0n) is 11.0. The molecule has 1 aromatic rings. The predicted octanol–water partition coefficient (Wildman–Crippen LogP) is 4.22. The van der Waals surface area contributed by atoms with Gasteiger partial charge in [-0.25, -0.2) is 9.78 Å². The minimum Gasteiger partial charge on any atom is -0.462 e. The fourth-order valence-corrected chi connectivity index (χ4v) is 2.12. The zero-order chi connectivity index (χ0) is 13.4. The molecule has 0 amide bonds. The standard InChI is InChI=1S/C14H20BrNO2/c1-3-5-7-11(4-2)10-18-14(17)12-8-6-9-16-13(12)15/h6,8-9,11H,3-5,7,10H2,1-2H3. The van der Waals surface area contributed by atoms with E-state index in [0.717, 1.165) is 12.8 Å². The van der Waals surface area contributed by atoms with Gasteiger partial charge in [-0.3, -0.25) is 0 Å². The molecule has 1 heterocycles. The summed E-state index contributed by atoms with van der Waals surface area (Å²) < 4.78 is 5.89. The molecule has 0 saturated heterocycles. The lowest BCUT2D eigenvalue weighted by molar-refractivity contribution is 0.0426. The fourth-order valence-electron chi connectivity index (χ4n) is 1.71. The van der Waals surface area contributed by atoms with Crippen molar-refractivity contribution in [3.8, 4) is 0 Å². The first kappa shape index (κ1) is 15.2. The average Bonchev–Trinajstić information content (AvgIpc) is 2.39. The highest BCUT2D eigenvalue weighted by atomic mass is 79.9. The smallest absolute Gasteiger partial charge is 0.340 e. The van der Waals surface area contributed by atoms with Crippen LogP contribution in [0.2, 0.25) is 0 Å². The number of halogens is 1. The van der Waals surface area contributed by atoms with E-state index in [1.807, 2.05) is 0 Å². The van der Waals surface area contributed by atoms with Crippen LogP contribution in [0.25, 0.3) is 0 Å². The SMILES string of the molecule is CCCCC(CC)COC(=O)c1cccnc1Br. The van der Waals surface area contributed by atoms with Gasteiger partial charge in [0, 0.05) is 6.20 Å². The number of carbonyl (C=O) groups is 1. The van der Waals surface area contributed by atoms with E-state index in [1.54, 1.807) is 18.3 Å². The molecule has 1 atom stereocenters. The lowest BCUT2D eigenvalue weighted by atomic mass is 10.0. The molecule has 0 fully saturated rings. The number of ether oxygens (including phenoxy) is 1. The van der Waals surface area contributed by atoms with Gasteiger partial charge in [0.05, 0.1) is 12.2 Å². The van der Waals surface area contributed by atoms with Crippen LogP contribution >= 0.6 is 15.9 Å². The van der Waals surface area contributed by atoms with Gasteiger partial charge < -0.3 is 4.74 Å². The maximum atomic E-state index is 11.9. The van der Waals surface area contributed by atoms with Crippen LogP contribution in [-0.2, 0) is 4.74 Å². The normalized spacial score (nSPS) is 12.2. The Morgan fingerprint density at radius 3 is 2.89 bits per heavy atom. The van der Waals surface area contributed by atoms with Crippen LogP contribution in [0.3, 0.4) is 0 Å². The molecule has 18 heavy (non-hydrogen) atoms. The maximum absolute atomic E-state index is 11.9. The van der Waals surface area contributed by atoms with Crippen LogP contribution in [0.5, 0.6) is 0 Å². The van der Waals surface area contributed by atoms with Crippen molar-refractivity contribution in [3.63, 3.8) is 0 Å². The number of aromatic nitrogens is 1. The highest BCUT2D eigenvalue weighted by molar-refractivity contribution is 9.10. The third-order valence-electron chi connectivity index (χ3n) is 2.97. The summed E-state index contributed by atoms with van der Waals surface area (Å²) in [5, 5.41) is 0. The Morgan fingerprint density at radius 1 is 1.50 bits per heavy atom. The van der Waals surface area contributed by atoms with Crippen LogP contribution in [0.4, 0.5) is 0 Å². The monoisotopic (exact) mass is 313 g/mol. The Bertz CT molecular complexity index is 382. The van der Waals surface area contributed by atoms with Crippen molar-refractivity contribution in [2.24, 2.45) is 5.92 Å². The molecule has 0 aliphatic heterocycles. The van der Waals surface area contributed by atoms with Gasteiger partial charge in [0.1, 0.15) is 4.60 Å². The third kappa shape index (κ3) is 4.77. The van der Waals surface area contributed by atoms with Gasteiger partial charge in [-0.1, -0.05) is 33.1 Å². The van der Waals surface area contributed by atoms with E-state index in [9.17, 15) is 4.79 Å². The summed E-state index contributed by atoms with van der Waals surface area (Å²) in [7, 11) is 0. The Morgan fingerprint density at radius 2 is 2.28 bits per heavy atom. The predicted molar refractivity (Wildman–Crippen MR) is 75.5 cm³/mol. The largest absolute Gasteiger partial charge is 0.462 e. The summed E-state index contributed by atoms with van der Waals surface area (Å²) >= 11 is 3.25.